The molecule has 5 nitrogen and oxygen atoms in total. The van der Waals surface area contributed by atoms with Crippen LogP contribution < -0.4 is 0 Å². The lowest BCUT2D eigenvalue weighted by atomic mass is 10.1. The smallest absolute Gasteiger partial charge is 0.339 e. The van der Waals surface area contributed by atoms with Crippen molar-refractivity contribution in [2.75, 3.05) is 7.11 Å². The highest BCUT2D eigenvalue weighted by Crippen LogP contribution is 2.20. The van der Waals surface area contributed by atoms with E-state index >= 15 is 0 Å². The third kappa shape index (κ3) is 2.51. The molecular formula is C14H16N2O3. The first kappa shape index (κ1) is 13.3. The Morgan fingerprint density at radius 1 is 1.42 bits per heavy atom. The van der Waals surface area contributed by atoms with Gasteiger partial charge in [0.15, 0.2) is 0 Å². The number of ether oxygens (including phenoxy) is 1. The lowest BCUT2D eigenvalue weighted by Gasteiger charge is -2.11. The van der Waals surface area contributed by atoms with Crippen molar-refractivity contribution in [3.05, 3.63) is 46.8 Å². The molecule has 0 saturated heterocycles. The summed E-state index contributed by atoms with van der Waals surface area (Å²) >= 11 is 0. The van der Waals surface area contributed by atoms with Gasteiger partial charge in [-0.1, -0.05) is 12.1 Å². The number of aromatic nitrogens is 2. The van der Waals surface area contributed by atoms with E-state index in [2.05, 4.69) is 5.10 Å². The van der Waals surface area contributed by atoms with Crippen molar-refractivity contribution in [1.82, 2.24) is 9.78 Å². The fraction of sp³-hybridized carbons (Fsp3) is 0.286. The van der Waals surface area contributed by atoms with Gasteiger partial charge in [-0.3, -0.25) is 0 Å². The van der Waals surface area contributed by atoms with Crippen molar-refractivity contribution in [3.63, 3.8) is 0 Å². The molecule has 1 heterocycles. The van der Waals surface area contributed by atoms with Crippen LogP contribution in [0.25, 0.3) is 5.69 Å². The van der Waals surface area contributed by atoms with Crippen molar-refractivity contribution in [1.29, 1.82) is 0 Å². The van der Waals surface area contributed by atoms with Gasteiger partial charge < -0.3 is 9.84 Å². The number of benzene rings is 1. The van der Waals surface area contributed by atoms with Crippen molar-refractivity contribution >= 4 is 5.97 Å². The molecule has 0 amide bonds. The minimum Gasteiger partial charge on any atom is -0.478 e. The lowest BCUT2D eigenvalue weighted by Crippen LogP contribution is -2.09. The average Bonchev–Trinajstić information content (AvgIpc) is 2.76. The maximum absolute atomic E-state index is 11.2. The standard InChI is InChI=1S/C14H16N2O3/c1-9-4-5-10(2)12(6-9)16-13(8-19-3)11(7-15-16)14(17)18/h4-7H,8H2,1-3H3,(H,17,18). The first-order valence-corrected chi connectivity index (χ1v) is 5.91. The van der Waals surface area contributed by atoms with E-state index in [0.717, 1.165) is 16.8 Å². The molecule has 100 valence electrons. The first-order valence-electron chi connectivity index (χ1n) is 5.91. The minimum atomic E-state index is -0.997. The van der Waals surface area contributed by atoms with E-state index in [9.17, 15) is 4.79 Å². The molecule has 0 radical (unpaired) electrons. The summed E-state index contributed by atoms with van der Waals surface area (Å²) in [6.45, 7) is 4.16. The van der Waals surface area contributed by atoms with Gasteiger partial charge in [-0.15, -0.1) is 0 Å². The number of nitrogens with zero attached hydrogens (tertiary/aromatic N) is 2. The summed E-state index contributed by atoms with van der Waals surface area (Å²) in [4.78, 5) is 11.2. The van der Waals surface area contributed by atoms with Crippen LogP contribution in [0.4, 0.5) is 0 Å². The summed E-state index contributed by atoms with van der Waals surface area (Å²) < 4.78 is 6.72. The highest BCUT2D eigenvalue weighted by Gasteiger charge is 2.18. The van der Waals surface area contributed by atoms with E-state index in [1.54, 1.807) is 4.68 Å². The first-order chi connectivity index (χ1) is 9.04. The number of carboxylic acids is 1. The van der Waals surface area contributed by atoms with Crippen LogP contribution in [0.2, 0.25) is 0 Å². The van der Waals surface area contributed by atoms with Crippen LogP contribution in [-0.4, -0.2) is 28.0 Å². The van der Waals surface area contributed by atoms with E-state index < -0.39 is 5.97 Å². The van der Waals surface area contributed by atoms with Gasteiger partial charge in [0.25, 0.3) is 0 Å². The number of carbonyl (C=O) groups is 1. The number of aromatic carboxylic acids is 1. The Kier molecular flexibility index (Phi) is 3.66. The van der Waals surface area contributed by atoms with Crippen molar-refractivity contribution in [3.8, 4) is 5.69 Å². The van der Waals surface area contributed by atoms with E-state index in [-0.39, 0.29) is 12.2 Å². The number of rotatable bonds is 4. The third-order valence-electron chi connectivity index (χ3n) is 2.97. The van der Waals surface area contributed by atoms with Crippen LogP contribution in [0.1, 0.15) is 27.2 Å². The number of aryl methyl sites for hydroxylation is 2. The Labute approximate surface area is 111 Å². The average molecular weight is 260 g/mol. The molecule has 1 N–H and O–H groups in total. The fourth-order valence-electron chi connectivity index (χ4n) is 1.98. The van der Waals surface area contributed by atoms with Gasteiger partial charge in [-0.25, -0.2) is 9.48 Å². The molecule has 0 atom stereocenters. The normalized spacial score (nSPS) is 10.7. The van der Waals surface area contributed by atoms with E-state index in [1.165, 1.54) is 13.3 Å². The van der Waals surface area contributed by atoms with Crippen LogP contribution in [0.15, 0.2) is 24.4 Å². The van der Waals surface area contributed by atoms with Gasteiger partial charge in [0, 0.05) is 7.11 Å². The largest absolute Gasteiger partial charge is 0.478 e. The number of methoxy groups -OCH3 is 1. The summed E-state index contributed by atoms with van der Waals surface area (Å²) in [5.41, 5.74) is 3.71. The number of carboxylic acid groups (broad SMARTS) is 1. The van der Waals surface area contributed by atoms with Crippen LogP contribution in [0.5, 0.6) is 0 Å². The molecular weight excluding hydrogens is 244 g/mol. The van der Waals surface area contributed by atoms with Gasteiger partial charge in [-0.05, 0) is 31.0 Å². The molecule has 0 fully saturated rings. The topological polar surface area (TPSA) is 64.3 Å². The molecule has 5 heteroatoms. The Hall–Kier alpha value is -2.14. The monoisotopic (exact) mass is 260 g/mol. The molecule has 0 aliphatic heterocycles. The highest BCUT2D eigenvalue weighted by atomic mass is 16.5. The third-order valence-corrected chi connectivity index (χ3v) is 2.97. The van der Waals surface area contributed by atoms with Crippen molar-refractivity contribution in [2.45, 2.75) is 20.5 Å². The predicted octanol–water partition coefficient (Wildman–Crippen LogP) is 2.33. The Morgan fingerprint density at radius 2 is 2.16 bits per heavy atom. The molecule has 2 aromatic rings. The van der Waals surface area contributed by atoms with Gasteiger partial charge in [0.1, 0.15) is 5.56 Å². The zero-order valence-electron chi connectivity index (χ0n) is 11.2. The molecule has 19 heavy (non-hydrogen) atoms. The van der Waals surface area contributed by atoms with E-state index in [4.69, 9.17) is 9.84 Å². The second-order valence-corrected chi connectivity index (χ2v) is 4.44. The summed E-state index contributed by atoms with van der Waals surface area (Å²) in [6, 6.07) is 5.98. The molecule has 0 aliphatic rings. The van der Waals surface area contributed by atoms with Crippen LogP contribution in [-0.2, 0) is 11.3 Å². The van der Waals surface area contributed by atoms with E-state index in [1.807, 2.05) is 32.0 Å². The zero-order chi connectivity index (χ0) is 14.0. The second-order valence-electron chi connectivity index (χ2n) is 4.44. The molecule has 0 bridgehead atoms. The fourth-order valence-corrected chi connectivity index (χ4v) is 1.98. The molecule has 1 aromatic carbocycles. The SMILES string of the molecule is COCc1c(C(=O)O)cnn1-c1cc(C)ccc1C. The molecule has 0 aliphatic carbocycles. The second kappa shape index (κ2) is 5.24. The number of hydrogen-bond donors (Lipinski definition) is 1. The Morgan fingerprint density at radius 3 is 2.79 bits per heavy atom. The highest BCUT2D eigenvalue weighted by molar-refractivity contribution is 5.88. The van der Waals surface area contributed by atoms with Crippen molar-refractivity contribution < 1.29 is 14.6 Å². The molecule has 0 unspecified atom stereocenters. The molecule has 1 aromatic heterocycles. The molecule has 0 saturated carbocycles. The summed E-state index contributed by atoms with van der Waals surface area (Å²) in [5.74, 6) is -0.997. The quantitative estimate of drug-likeness (QED) is 0.916. The van der Waals surface area contributed by atoms with Crippen molar-refractivity contribution in [2.24, 2.45) is 0 Å². The van der Waals surface area contributed by atoms with Crippen LogP contribution in [0.3, 0.4) is 0 Å². The summed E-state index contributed by atoms with van der Waals surface area (Å²) in [5, 5.41) is 13.4. The van der Waals surface area contributed by atoms with Gasteiger partial charge in [0.05, 0.1) is 24.2 Å². The Bertz CT molecular complexity index is 617. The lowest BCUT2D eigenvalue weighted by molar-refractivity contribution is 0.0691. The van der Waals surface area contributed by atoms with Gasteiger partial charge in [-0.2, -0.15) is 5.10 Å². The number of hydrogen-bond acceptors (Lipinski definition) is 3. The van der Waals surface area contributed by atoms with Crippen LogP contribution in [0, 0.1) is 13.8 Å². The molecule has 2 rings (SSSR count). The summed E-state index contributed by atoms with van der Waals surface area (Å²) in [6.07, 6.45) is 1.36. The predicted molar refractivity (Wildman–Crippen MR) is 70.7 cm³/mol. The minimum absolute atomic E-state index is 0.169. The maximum atomic E-state index is 11.2. The molecule has 0 spiro atoms. The van der Waals surface area contributed by atoms with E-state index in [0.29, 0.717) is 5.69 Å². The van der Waals surface area contributed by atoms with Crippen LogP contribution >= 0.6 is 0 Å². The van der Waals surface area contributed by atoms with Gasteiger partial charge >= 0.3 is 5.97 Å². The van der Waals surface area contributed by atoms with Gasteiger partial charge in [0.2, 0.25) is 0 Å². The Balaban J connectivity index is 2.61. The maximum Gasteiger partial charge on any atom is 0.339 e. The summed E-state index contributed by atoms with van der Waals surface area (Å²) in [7, 11) is 1.53. The zero-order valence-corrected chi connectivity index (χ0v) is 11.2.